The molecule has 1 saturated carbocycles. The van der Waals surface area contributed by atoms with E-state index in [1.807, 2.05) is 29.9 Å². The molecule has 4 aromatic rings. The number of pyridine rings is 1. The number of amides is 1. The lowest BCUT2D eigenvalue weighted by Crippen LogP contribution is -2.34. The van der Waals surface area contributed by atoms with Crippen LogP contribution in [0.3, 0.4) is 0 Å². The monoisotopic (exact) mass is 571 g/mol. The lowest BCUT2D eigenvalue weighted by molar-refractivity contribution is -0.0818. The number of ether oxygens (including phenoxy) is 3. The molecule has 2 bridgehead atoms. The Labute approximate surface area is 244 Å². The summed E-state index contributed by atoms with van der Waals surface area (Å²) in [7, 11) is 0. The van der Waals surface area contributed by atoms with Crippen molar-refractivity contribution in [3.8, 4) is 17.1 Å². The highest BCUT2D eigenvalue weighted by molar-refractivity contribution is 6.05. The number of nitrogens with one attached hydrogen (secondary N) is 2. The fraction of sp³-hybridized carbons (Fsp3) is 0.484. The Morgan fingerprint density at radius 3 is 2.83 bits per heavy atom. The van der Waals surface area contributed by atoms with Crippen molar-refractivity contribution in [2.24, 2.45) is 5.92 Å². The summed E-state index contributed by atoms with van der Waals surface area (Å²) in [4.78, 5) is 23.3. The minimum Gasteiger partial charge on any atom is -0.477 e. The van der Waals surface area contributed by atoms with E-state index in [-0.39, 0.29) is 12.0 Å². The van der Waals surface area contributed by atoms with Gasteiger partial charge in [-0.25, -0.2) is 9.67 Å². The molecule has 11 heteroatoms. The molecule has 42 heavy (non-hydrogen) atoms. The molecule has 2 atom stereocenters. The summed E-state index contributed by atoms with van der Waals surface area (Å²) in [6.45, 7) is 7.94. The van der Waals surface area contributed by atoms with Gasteiger partial charge in [0.1, 0.15) is 0 Å². The van der Waals surface area contributed by atoms with Crippen LogP contribution in [-0.4, -0.2) is 69.3 Å². The van der Waals surface area contributed by atoms with Gasteiger partial charge >= 0.3 is 0 Å². The number of hydrogen-bond donors (Lipinski definition) is 2. The topological polar surface area (TPSA) is 117 Å². The standard InChI is InChI=1S/C31H37N7O4/c1-19-4-3-9-42-30-25(16-33-38(30)23-6-7-23)26-13-21(12-20(2)34-26)29(39)36-31-35-27-14-22(5-8-28(27)37(31)17-19)32-15-24-18-40-10-11-41-24/h5,8,12-14,16,19,23-24,32H,3-4,6-7,9-11,15,17-18H2,1-2H3,(H,35,36,39). The molecule has 2 fully saturated rings. The van der Waals surface area contributed by atoms with Gasteiger partial charge in [-0.3, -0.25) is 15.1 Å². The number of carbonyl (C=O) groups excluding carboxylic acids is 1. The summed E-state index contributed by atoms with van der Waals surface area (Å²) in [5.41, 5.74) is 5.50. The second-order valence-corrected chi connectivity index (χ2v) is 11.7. The van der Waals surface area contributed by atoms with Gasteiger partial charge in [0.15, 0.2) is 0 Å². The second-order valence-electron chi connectivity index (χ2n) is 11.7. The molecule has 0 radical (unpaired) electrons. The zero-order valence-corrected chi connectivity index (χ0v) is 24.1. The molecule has 220 valence electrons. The number of hydrogen-bond acceptors (Lipinski definition) is 8. The van der Waals surface area contributed by atoms with E-state index in [0.717, 1.165) is 66.1 Å². The zero-order valence-electron chi connectivity index (χ0n) is 24.1. The van der Waals surface area contributed by atoms with Crippen molar-refractivity contribution in [2.75, 3.05) is 43.6 Å². The van der Waals surface area contributed by atoms with Gasteiger partial charge in [-0.15, -0.1) is 0 Å². The van der Waals surface area contributed by atoms with Crippen molar-refractivity contribution in [1.29, 1.82) is 0 Å². The van der Waals surface area contributed by atoms with E-state index in [1.165, 1.54) is 0 Å². The van der Waals surface area contributed by atoms with Gasteiger partial charge in [0, 0.05) is 30.0 Å². The Morgan fingerprint density at radius 1 is 1.10 bits per heavy atom. The lowest BCUT2D eigenvalue weighted by Gasteiger charge is -2.23. The van der Waals surface area contributed by atoms with E-state index < -0.39 is 0 Å². The maximum atomic E-state index is 13.7. The molecule has 7 rings (SSSR count). The number of fused-ring (bicyclic) bond motifs is 7. The largest absolute Gasteiger partial charge is 0.477 e. The van der Waals surface area contributed by atoms with Gasteiger partial charge in [0.2, 0.25) is 11.8 Å². The number of aromatic nitrogens is 5. The van der Waals surface area contributed by atoms with Crippen LogP contribution in [0.1, 0.15) is 54.7 Å². The van der Waals surface area contributed by atoms with Crippen molar-refractivity contribution in [3.05, 3.63) is 47.8 Å². The van der Waals surface area contributed by atoms with Crippen LogP contribution in [0.2, 0.25) is 0 Å². The molecule has 3 aliphatic rings. The van der Waals surface area contributed by atoms with Crippen LogP contribution >= 0.6 is 0 Å². The van der Waals surface area contributed by atoms with E-state index in [2.05, 4.69) is 39.4 Å². The Morgan fingerprint density at radius 2 is 2.00 bits per heavy atom. The normalized spacial score (nSPS) is 21.4. The number of imidazole rings is 1. The molecule has 5 heterocycles. The minimum atomic E-state index is -0.231. The average molecular weight is 572 g/mol. The zero-order chi connectivity index (χ0) is 28.6. The predicted molar refractivity (Wildman–Crippen MR) is 159 cm³/mol. The maximum absolute atomic E-state index is 13.7. The number of carbonyl (C=O) groups is 1. The molecule has 11 nitrogen and oxygen atoms in total. The Kier molecular flexibility index (Phi) is 7.29. The number of nitrogens with zero attached hydrogens (tertiary/aromatic N) is 5. The molecule has 1 saturated heterocycles. The van der Waals surface area contributed by atoms with Crippen molar-refractivity contribution >= 4 is 28.6 Å². The SMILES string of the molecule is Cc1cc2cc(n1)-c1cnn(C3CC3)c1OCCCC(C)Cn1c(nc3cc(NCC4COCCO4)ccc31)NC2=O. The second kappa shape index (κ2) is 11.4. The molecule has 1 amide bonds. The molecule has 1 aliphatic carbocycles. The van der Waals surface area contributed by atoms with E-state index in [1.54, 1.807) is 6.07 Å². The fourth-order valence-electron chi connectivity index (χ4n) is 5.77. The molecule has 3 aromatic heterocycles. The van der Waals surface area contributed by atoms with E-state index >= 15 is 0 Å². The van der Waals surface area contributed by atoms with Crippen molar-refractivity contribution in [1.82, 2.24) is 24.3 Å². The van der Waals surface area contributed by atoms with E-state index in [9.17, 15) is 4.79 Å². The third-order valence-electron chi connectivity index (χ3n) is 8.10. The molecule has 2 aliphatic heterocycles. The summed E-state index contributed by atoms with van der Waals surface area (Å²) < 4.78 is 21.8. The van der Waals surface area contributed by atoms with Gasteiger partial charge < -0.3 is 24.1 Å². The first kappa shape index (κ1) is 26.9. The van der Waals surface area contributed by atoms with Crippen molar-refractivity contribution in [3.63, 3.8) is 0 Å². The molecular formula is C31H37N7O4. The van der Waals surface area contributed by atoms with Crippen LogP contribution in [-0.2, 0) is 16.0 Å². The number of anilines is 2. The quantitative estimate of drug-likeness (QED) is 0.358. The van der Waals surface area contributed by atoms with Crippen LogP contribution in [0.4, 0.5) is 11.6 Å². The number of aryl methyl sites for hydroxylation is 1. The third kappa shape index (κ3) is 5.58. The smallest absolute Gasteiger partial charge is 0.258 e. The lowest BCUT2D eigenvalue weighted by atomic mass is 10.1. The highest BCUT2D eigenvalue weighted by atomic mass is 16.6. The minimum absolute atomic E-state index is 0.0198. The van der Waals surface area contributed by atoms with Gasteiger partial charge in [-0.2, -0.15) is 5.10 Å². The van der Waals surface area contributed by atoms with Crippen LogP contribution in [0.5, 0.6) is 5.88 Å². The first-order valence-electron chi connectivity index (χ1n) is 15.0. The summed E-state index contributed by atoms with van der Waals surface area (Å²) in [5.74, 6) is 1.39. The first-order valence-corrected chi connectivity index (χ1v) is 15.0. The van der Waals surface area contributed by atoms with Crippen LogP contribution < -0.4 is 15.4 Å². The van der Waals surface area contributed by atoms with Gasteiger partial charge in [-0.1, -0.05) is 6.92 Å². The summed E-state index contributed by atoms with van der Waals surface area (Å²) in [6, 6.07) is 10.1. The van der Waals surface area contributed by atoms with Crippen molar-refractivity contribution < 1.29 is 19.0 Å². The van der Waals surface area contributed by atoms with E-state index in [0.29, 0.717) is 62.1 Å². The van der Waals surface area contributed by atoms with Crippen LogP contribution in [0.15, 0.2) is 36.5 Å². The summed E-state index contributed by atoms with van der Waals surface area (Å²) in [5, 5.41) is 11.2. The fourth-order valence-corrected chi connectivity index (χ4v) is 5.77. The predicted octanol–water partition coefficient (Wildman–Crippen LogP) is 4.83. The van der Waals surface area contributed by atoms with Gasteiger partial charge in [0.25, 0.3) is 5.91 Å². The summed E-state index contributed by atoms with van der Waals surface area (Å²) >= 11 is 0. The van der Waals surface area contributed by atoms with Crippen molar-refractivity contribution in [2.45, 2.75) is 58.2 Å². The summed E-state index contributed by atoms with van der Waals surface area (Å²) in [6.07, 6.45) is 5.91. The van der Waals surface area contributed by atoms with Gasteiger partial charge in [0.05, 0.1) is 67.1 Å². The first-order chi connectivity index (χ1) is 20.5. The Balaban J connectivity index is 1.21. The average Bonchev–Trinajstić information content (AvgIpc) is 3.67. The van der Waals surface area contributed by atoms with Gasteiger partial charge in [-0.05, 0) is 68.9 Å². The third-order valence-corrected chi connectivity index (χ3v) is 8.10. The molecule has 2 N–H and O–H groups in total. The molecule has 0 spiro atoms. The Bertz CT molecular complexity index is 1600. The van der Waals surface area contributed by atoms with Crippen LogP contribution in [0.25, 0.3) is 22.3 Å². The maximum Gasteiger partial charge on any atom is 0.258 e. The van der Waals surface area contributed by atoms with Crippen LogP contribution in [0, 0.1) is 12.8 Å². The highest BCUT2D eigenvalue weighted by Crippen LogP contribution is 2.41. The molecular weight excluding hydrogens is 534 g/mol. The molecule has 2 unspecified atom stereocenters. The number of benzene rings is 1. The molecule has 1 aromatic carbocycles. The Hall–Kier alpha value is -3.96. The highest BCUT2D eigenvalue weighted by Gasteiger charge is 2.30. The van der Waals surface area contributed by atoms with E-state index in [4.69, 9.17) is 24.2 Å². The number of rotatable bonds is 4.